The van der Waals surface area contributed by atoms with Gasteiger partial charge in [-0.05, 0) is 6.42 Å². The molecule has 1 saturated heterocycles. The number of alkyl halides is 2. The molecule has 0 aromatic heterocycles. The van der Waals surface area contributed by atoms with E-state index in [-0.39, 0.29) is 0 Å². The summed E-state index contributed by atoms with van der Waals surface area (Å²) in [6, 6.07) is 0. The number of halogens is 2. The summed E-state index contributed by atoms with van der Waals surface area (Å²) < 4.78 is 10.7. The summed E-state index contributed by atoms with van der Waals surface area (Å²) in [5.41, 5.74) is 0. The average molecular weight is 230 g/mol. The topological polar surface area (TPSA) is 18.5 Å². The first-order valence-electron chi connectivity index (χ1n) is 3.23. The Kier molecular flexibility index (Phi) is 3.43. The molecule has 0 atom stereocenters. The highest BCUT2D eigenvalue weighted by Gasteiger charge is 2.32. The van der Waals surface area contributed by atoms with Gasteiger partial charge < -0.3 is 9.47 Å². The van der Waals surface area contributed by atoms with Crippen molar-refractivity contribution in [3.05, 3.63) is 0 Å². The molecule has 0 aromatic rings. The molecule has 0 amide bonds. The second-order valence-electron chi connectivity index (χ2n) is 2.23. The fourth-order valence-electron chi connectivity index (χ4n) is 0.807. The zero-order chi connectivity index (χ0) is 7.45. The molecule has 0 aromatic carbocycles. The lowest BCUT2D eigenvalue weighted by Gasteiger charge is -2.33. The minimum atomic E-state index is -0.556. The highest BCUT2D eigenvalue weighted by molar-refractivity contribution is 9.09. The lowest BCUT2D eigenvalue weighted by molar-refractivity contribution is -0.237. The van der Waals surface area contributed by atoms with Crippen LogP contribution < -0.4 is 0 Å². The van der Waals surface area contributed by atoms with Gasteiger partial charge in [-0.1, -0.05) is 15.9 Å². The van der Waals surface area contributed by atoms with Crippen LogP contribution in [0.4, 0.5) is 0 Å². The molecule has 1 rings (SSSR count). The summed E-state index contributed by atoms with van der Waals surface area (Å²) in [6.45, 7) is 1.50. The molecule has 2 nitrogen and oxygen atoms in total. The van der Waals surface area contributed by atoms with Gasteiger partial charge in [0.25, 0.3) is 0 Å². The van der Waals surface area contributed by atoms with Crippen molar-refractivity contribution in [2.24, 2.45) is 0 Å². The number of hydrogen-bond acceptors (Lipinski definition) is 2. The Morgan fingerprint density at radius 1 is 1.40 bits per heavy atom. The molecule has 1 aliphatic rings. The lowest BCUT2D eigenvalue weighted by Crippen LogP contribution is -2.43. The lowest BCUT2D eigenvalue weighted by atomic mass is 10.3. The average Bonchev–Trinajstić information content (AvgIpc) is 2.06. The molecular weight excluding hydrogens is 219 g/mol. The fourth-order valence-corrected chi connectivity index (χ4v) is 1.81. The number of hydrogen-bond donors (Lipinski definition) is 0. The molecule has 0 spiro atoms. The molecule has 0 saturated carbocycles. The van der Waals surface area contributed by atoms with Gasteiger partial charge in [0.05, 0.1) is 24.4 Å². The third kappa shape index (κ3) is 1.84. The molecule has 10 heavy (non-hydrogen) atoms. The highest BCUT2D eigenvalue weighted by atomic mass is 79.9. The SMILES string of the molecule is ClCC1(CBr)OCCCO1. The zero-order valence-corrected chi connectivity index (χ0v) is 7.95. The van der Waals surface area contributed by atoms with Gasteiger partial charge in [-0.15, -0.1) is 11.6 Å². The second kappa shape index (κ2) is 3.90. The van der Waals surface area contributed by atoms with Crippen molar-refractivity contribution in [3.63, 3.8) is 0 Å². The Bertz CT molecular complexity index is 97.9. The van der Waals surface area contributed by atoms with E-state index in [2.05, 4.69) is 15.9 Å². The van der Waals surface area contributed by atoms with E-state index in [4.69, 9.17) is 21.1 Å². The van der Waals surface area contributed by atoms with Crippen LogP contribution >= 0.6 is 27.5 Å². The first kappa shape index (κ1) is 8.78. The Balaban J connectivity index is 2.44. The molecule has 60 valence electrons. The summed E-state index contributed by atoms with van der Waals surface area (Å²) in [4.78, 5) is 0. The van der Waals surface area contributed by atoms with Gasteiger partial charge in [0.2, 0.25) is 0 Å². The van der Waals surface area contributed by atoms with E-state index in [0.29, 0.717) is 11.2 Å². The molecular formula is C6H10BrClO2. The molecule has 0 radical (unpaired) electrons. The molecule has 0 aliphatic carbocycles. The highest BCUT2D eigenvalue weighted by Crippen LogP contribution is 2.22. The molecule has 0 N–H and O–H groups in total. The Morgan fingerprint density at radius 3 is 2.30 bits per heavy atom. The Hall–Kier alpha value is 0.690. The number of rotatable bonds is 2. The standard InChI is InChI=1S/C6H10BrClO2/c7-4-6(5-8)9-2-1-3-10-6/h1-5H2. The van der Waals surface area contributed by atoms with Gasteiger partial charge in [-0.2, -0.15) is 0 Å². The van der Waals surface area contributed by atoms with Crippen molar-refractivity contribution < 1.29 is 9.47 Å². The first-order chi connectivity index (χ1) is 4.83. The normalized spacial score (nSPS) is 24.6. The third-order valence-corrected chi connectivity index (χ3v) is 2.69. The monoisotopic (exact) mass is 228 g/mol. The van der Waals surface area contributed by atoms with Gasteiger partial charge in [0.1, 0.15) is 0 Å². The summed E-state index contributed by atoms with van der Waals surface area (Å²) >= 11 is 8.95. The summed E-state index contributed by atoms with van der Waals surface area (Å²) in [7, 11) is 0. The second-order valence-corrected chi connectivity index (χ2v) is 3.06. The van der Waals surface area contributed by atoms with Crippen LogP contribution in [0.5, 0.6) is 0 Å². The summed E-state index contributed by atoms with van der Waals surface area (Å²) in [6.07, 6.45) is 0.964. The minimum absolute atomic E-state index is 0.387. The van der Waals surface area contributed by atoms with E-state index in [1.165, 1.54) is 0 Å². The van der Waals surface area contributed by atoms with Crippen molar-refractivity contribution >= 4 is 27.5 Å². The summed E-state index contributed by atoms with van der Waals surface area (Å²) in [5.74, 6) is -0.169. The van der Waals surface area contributed by atoms with Gasteiger partial charge in [0, 0.05) is 0 Å². The fraction of sp³-hybridized carbons (Fsp3) is 1.00. The predicted molar refractivity (Wildman–Crippen MR) is 43.8 cm³/mol. The van der Waals surface area contributed by atoms with Crippen molar-refractivity contribution in [1.29, 1.82) is 0 Å². The van der Waals surface area contributed by atoms with Crippen LogP contribution in [-0.2, 0) is 9.47 Å². The van der Waals surface area contributed by atoms with E-state index in [1.54, 1.807) is 0 Å². The van der Waals surface area contributed by atoms with E-state index in [9.17, 15) is 0 Å². The van der Waals surface area contributed by atoms with Crippen LogP contribution in [0, 0.1) is 0 Å². The van der Waals surface area contributed by atoms with Crippen molar-refractivity contribution in [2.45, 2.75) is 12.2 Å². The Labute approximate surface area is 74.0 Å². The maximum atomic E-state index is 5.66. The maximum Gasteiger partial charge on any atom is 0.191 e. The molecule has 0 unspecified atom stereocenters. The van der Waals surface area contributed by atoms with E-state index in [0.717, 1.165) is 19.6 Å². The van der Waals surface area contributed by atoms with E-state index < -0.39 is 5.79 Å². The van der Waals surface area contributed by atoms with Crippen LogP contribution in [0.1, 0.15) is 6.42 Å². The maximum absolute atomic E-state index is 5.66. The zero-order valence-electron chi connectivity index (χ0n) is 5.61. The number of ether oxygens (including phenoxy) is 2. The van der Waals surface area contributed by atoms with Crippen molar-refractivity contribution in [3.8, 4) is 0 Å². The van der Waals surface area contributed by atoms with Gasteiger partial charge in [0.15, 0.2) is 5.79 Å². The molecule has 1 fully saturated rings. The molecule has 0 bridgehead atoms. The van der Waals surface area contributed by atoms with Crippen LogP contribution in [0.25, 0.3) is 0 Å². The van der Waals surface area contributed by atoms with E-state index >= 15 is 0 Å². The van der Waals surface area contributed by atoms with Crippen LogP contribution in [0.15, 0.2) is 0 Å². The largest absolute Gasteiger partial charge is 0.348 e. The predicted octanol–water partition coefficient (Wildman–Crippen LogP) is 1.75. The summed E-state index contributed by atoms with van der Waals surface area (Å²) in [5, 5.41) is 0.642. The van der Waals surface area contributed by atoms with E-state index in [1.807, 2.05) is 0 Å². The Morgan fingerprint density at radius 2 is 2.00 bits per heavy atom. The van der Waals surface area contributed by atoms with Crippen molar-refractivity contribution in [2.75, 3.05) is 24.4 Å². The molecule has 4 heteroatoms. The van der Waals surface area contributed by atoms with Gasteiger partial charge in [-0.25, -0.2) is 0 Å². The molecule has 1 aliphatic heterocycles. The first-order valence-corrected chi connectivity index (χ1v) is 4.88. The van der Waals surface area contributed by atoms with Gasteiger partial charge >= 0.3 is 0 Å². The minimum Gasteiger partial charge on any atom is -0.348 e. The smallest absolute Gasteiger partial charge is 0.191 e. The van der Waals surface area contributed by atoms with Crippen LogP contribution in [-0.4, -0.2) is 30.2 Å². The van der Waals surface area contributed by atoms with Crippen LogP contribution in [0.2, 0.25) is 0 Å². The van der Waals surface area contributed by atoms with Crippen molar-refractivity contribution in [1.82, 2.24) is 0 Å². The third-order valence-electron chi connectivity index (χ3n) is 1.43. The molecule has 1 heterocycles. The van der Waals surface area contributed by atoms with Gasteiger partial charge in [-0.3, -0.25) is 0 Å². The quantitative estimate of drug-likeness (QED) is 0.672. The van der Waals surface area contributed by atoms with Crippen LogP contribution in [0.3, 0.4) is 0 Å².